The molecule has 0 spiro atoms. The predicted molar refractivity (Wildman–Crippen MR) is 205 cm³/mol. The third kappa shape index (κ3) is 10.7. The summed E-state index contributed by atoms with van der Waals surface area (Å²) < 4.78 is 128. The van der Waals surface area contributed by atoms with Gasteiger partial charge in [-0.15, -0.1) is 0 Å². The van der Waals surface area contributed by atoms with Crippen molar-refractivity contribution in [3.63, 3.8) is 0 Å². The highest BCUT2D eigenvalue weighted by molar-refractivity contribution is 8.17. The number of thioether (sulfide) groups is 2. The van der Waals surface area contributed by atoms with E-state index in [9.17, 15) is 62.4 Å². The van der Waals surface area contributed by atoms with Gasteiger partial charge in [0, 0.05) is 29.0 Å². The number of hydrogen-bond donors (Lipinski definition) is 0. The average Bonchev–Trinajstić information content (AvgIpc) is 3.64. The van der Waals surface area contributed by atoms with E-state index in [0.29, 0.717) is 50.5 Å². The molecule has 0 radical (unpaired) electrons. The maximum absolute atomic E-state index is 12.9. The van der Waals surface area contributed by atoms with Gasteiger partial charge in [0.2, 0.25) is 0 Å². The first-order chi connectivity index (χ1) is 27.6. The fourth-order valence-corrected chi connectivity index (χ4v) is 10.3. The van der Waals surface area contributed by atoms with Crippen LogP contribution in [0.25, 0.3) is 0 Å². The first-order valence-corrected chi connectivity index (χ1v) is 21.3. The summed E-state index contributed by atoms with van der Waals surface area (Å²) in [6.07, 6.45) is -10.5. The van der Waals surface area contributed by atoms with Gasteiger partial charge in [-0.25, -0.2) is 16.8 Å². The van der Waals surface area contributed by atoms with E-state index in [4.69, 9.17) is 11.6 Å². The van der Waals surface area contributed by atoms with Crippen molar-refractivity contribution in [1.29, 1.82) is 0 Å². The molecular weight excluding hydrogens is 890 g/mol. The second kappa shape index (κ2) is 17.9. The Morgan fingerprint density at radius 2 is 0.932 bits per heavy atom. The molecule has 306 valence electrons. The number of rotatable bonds is 6. The number of nitrogens with zero attached hydrogens (tertiary/aromatic N) is 2. The minimum atomic E-state index is -5.05. The van der Waals surface area contributed by atoms with Crippen LogP contribution in [-0.4, -0.2) is 58.2 Å². The number of imide groups is 2. The van der Waals surface area contributed by atoms with Gasteiger partial charge in [0.05, 0.1) is 20.9 Å². The molecule has 6 rings (SSSR count). The molecule has 2 fully saturated rings. The summed E-state index contributed by atoms with van der Waals surface area (Å²) in [6, 6.07) is 21.7. The maximum Gasteiger partial charge on any atom is 0.416 e. The van der Waals surface area contributed by atoms with Crippen molar-refractivity contribution in [2.24, 2.45) is 0 Å². The number of hydrogen-bond acceptors (Lipinski definition) is 10. The molecule has 2 unspecified atom stereocenters. The molecule has 2 heterocycles. The van der Waals surface area contributed by atoms with Gasteiger partial charge in [-0.05, 0) is 90.3 Å². The van der Waals surface area contributed by atoms with E-state index in [1.807, 2.05) is 0 Å². The molecule has 4 aromatic carbocycles. The van der Waals surface area contributed by atoms with E-state index >= 15 is 0 Å². The van der Waals surface area contributed by atoms with Crippen LogP contribution in [0.3, 0.4) is 0 Å². The molecule has 4 amide bonds. The number of sulfonamides is 2. The largest absolute Gasteiger partial charge is 0.416 e. The van der Waals surface area contributed by atoms with Crippen LogP contribution in [0.1, 0.15) is 35.1 Å². The average molecular weight is 913 g/mol. The van der Waals surface area contributed by atoms with Gasteiger partial charge in [0.25, 0.3) is 31.9 Å². The van der Waals surface area contributed by atoms with Gasteiger partial charge in [0.1, 0.15) is 10.5 Å². The summed E-state index contributed by atoms with van der Waals surface area (Å²) in [5.74, 6) is 8.19. The van der Waals surface area contributed by atoms with Crippen molar-refractivity contribution < 1.29 is 62.4 Å². The number of carbonyl (C=O) groups is 4. The van der Waals surface area contributed by atoms with Gasteiger partial charge >= 0.3 is 22.8 Å². The highest BCUT2D eigenvalue weighted by atomic mass is 35.5. The molecule has 4 aromatic rings. The third-order valence-electron chi connectivity index (χ3n) is 7.80. The van der Waals surface area contributed by atoms with Crippen LogP contribution in [0.4, 0.5) is 35.9 Å². The molecule has 21 heteroatoms. The molecule has 2 aliphatic heterocycles. The van der Waals surface area contributed by atoms with E-state index in [2.05, 4.69) is 23.7 Å². The van der Waals surface area contributed by atoms with E-state index < -0.39 is 88.3 Å². The van der Waals surface area contributed by atoms with E-state index in [0.717, 1.165) is 0 Å². The van der Waals surface area contributed by atoms with E-state index in [1.165, 1.54) is 54.6 Å². The fourth-order valence-electron chi connectivity index (χ4n) is 5.02. The van der Waals surface area contributed by atoms with Crippen molar-refractivity contribution in [2.75, 3.05) is 0 Å². The molecule has 0 bridgehead atoms. The number of benzene rings is 4. The standard InChI is InChI=1S/C20H11F6NO4S2.C18H12ClNO4S2/c21-19(22,23)13-9-12(10-14(11-13)20(24,25)26)5-4-8-16-17(28)27(18(29)32-16)33(30,31)15-6-2-1-3-7-15;19-14-11-9-13(10-12-14)5-4-8-16-17(21)20(18(22)25-16)26(23,24)15-6-2-1-3-7-15/h1-3,6-7,9-11,16H,8H2;1-3,6-7,9-12,16H,8H2. The van der Waals surface area contributed by atoms with Crippen LogP contribution in [0, 0.1) is 23.7 Å². The molecule has 0 aromatic heterocycles. The molecule has 0 aliphatic carbocycles. The van der Waals surface area contributed by atoms with Gasteiger partial charge in [0.15, 0.2) is 0 Å². The van der Waals surface area contributed by atoms with Gasteiger partial charge in [-0.3, -0.25) is 19.2 Å². The lowest BCUT2D eigenvalue weighted by molar-refractivity contribution is -0.143. The van der Waals surface area contributed by atoms with Crippen LogP contribution >= 0.6 is 35.1 Å². The lowest BCUT2D eigenvalue weighted by atomic mass is 10.0. The Morgan fingerprint density at radius 3 is 1.31 bits per heavy atom. The molecular formula is C38H23ClF6N2O8S4. The Hall–Kier alpha value is -5.25. The van der Waals surface area contributed by atoms with E-state index in [1.54, 1.807) is 30.3 Å². The highest BCUT2D eigenvalue weighted by Gasteiger charge is 2.48. The normalized spacial score (nSPS) is 17.1. The van der Waals surface area contributed by atoms with Crippen LogP contribution in [0.2, 0.25) is 5.02 Å². The fraction of sp³-hybridized carbons (Fsp3) is 0.158. The van der Waals surface area contributed by atoms with Crippen LogP contribution in [0.5, 0.6) is 0 Å². The lowest BCUT2D eigenvalue weighted by Crippen LogP contribution is -2.37. The van der Waals surface area contributed by atoms with Gasteiger partial charge in [-0.2, -0.15) is 35.0 Å². The topological polar surface area (TPSA) is 143 Å². The monoisotopic (exact) mass is 912 g/mol. The number of alkyl halides is 6. The summed E-state index contributed by atoms with van der Waals surface area (Å²) in [4.78, 5) is 48.8. The van der Waals surface area contributed by atoms with Crippen molar-refractivity contribution in [3.05, 3.63) is 130 Å². The Balaban J connectivity index is 0.000000230. The Kier molecular flexibility index (Phi) is 13.6. The third-order valence-corrected chi connectivity index (χ3v) is 13.8. The Bertz CT molecular complexity index is 2610. The van der Waals surface area contributed by atoms with E-state index in [-0.39, 0.29) is 26.6 Å². The molecule has 10 nitrogen and oxygen atoms in total. The van der Waals surface area contributed by atoms with Crippen molar-refractivity contribution in [2.45, 2.75) is 45.5 Å². The van der Waals surface area contributed by atoms with Crippen molar-refractivity contribution in [3.8, 4) is 23.7 Å². The minimum absolute atomic E-state index is 0.0491. The molecule has 59 heavy (non-hydrogen) atoms. The zero-order valence-corrected chi connectivity index (χ0v) is 33.3. The summed E-state index contributed by atoms with van der Waals surface area (Å²) in [5.41, 5.74) is -3.00. The van der Waals surface area contributed by atoms with Crippen LogP contribution < -0.4 is 0 Å². The van der Waals surface area contributed by atoms with Gasteiger partial charge < -0.3 is 0 Å². The molecule has 0 saturated carbocycles. The maximum atomic E-state index is 12.9. The first-order valence-electron chi connectivity index (χ1n) is 16.3. The number of amides is 4. The summed E-state index contributed by atoms with van der Waals surface area (Å²) >= 11 is 6.82. The van der Waals surface area contributed by atoms with Crippen molar-refractivity contribution >= 4 is 77.5 Å². The van der Waals surface area contributed by atoms with Crippen molar-refractivity contribution in [1.82, 2.24) is 8.61 Å². The smallest absolute Gasteiger partial charge is 0.272 e. The van der Waals surface area contributed by atoms with Gasteiger partial charge in [-0.1, -0.05) is 71.7 Å². The minimum Gasteiger partial charge on any atom is -0.272 e. The second-order valence-corrected chi connectivity index (χ2v) is 18.2. The SMILES string of the molecule is O=C1SC(CC#Cc2cc(C(F)(F)F)cc(C(F)(F)F)c2)C(=O)N1S(=O)(=O)c1ccccc1.O=C1SC(CC#Cc2ccc(Cl)cc2)C(=O)N1S(=O)(=O)c1ccccc1. The zero-order valence-electron chi connectivity index (χ0n) is 29.3. The summed E-state index contributed by atoms with van der Waals surface area (Å²) in [7, 11) is -8.68. The Morgan fingerprint density at radius 1 is 0.559 bits per heavy atom. The molecule has 2 aliphatic rings. The number of carbonyl (C=O) groups excluding carboxylic acids is 4. The second-order valence-electron chi connectivity index (χ2n) is 11.9. The lowest BCUT2D eigenvalue weighted by Gasteiger charge is -2.13. The highest BCUT2D eigenvalue weighted by Crippen LogP contribution is 2.37. The zero-order chi connectivity index (χ0) is 43.3. The predicted octanol–water partition coefficient (Wildman–Crippen LogP) is 8.45. The summed E-state index contributed by atoms with van der Waals surface area (Å²) in [5, 5.41) is -3.45. The molecule has 0 N–H and O–H groups in total. The van der Waals surface area contributed by atoms with Crippen LogP contribution in [0.15, 0.2) is 113 Å². The molecule has 2 atom stereocenters. The van der Waals surface area contributed by atoms with Crippen LogP contribution in [-0.2, 0) is 42.0 Å². The Labute approximate surface area is 346 Å². The number of halogens is 7. The quantitative estimate of drug-likeness (QED) is 0.137. The molecule has 2 saturated heterocycles. The summed E-state index contributed by atoms with van der Waals surface area (Å²) in [6.45, 7) is 0. The first kappa shape index (κ1) is 44.8.